The Bertz CT molecular complexity index is 768. The predicted octanol–water partition coefficient (Wildman–Crippen LogP) is 4.40. The van der Waals surface area contributed by atoms with E-state index in [1.54, 1.807) is 23.6 Å². The molecule has 0 bridgehead atoms. The minimum absolute atomic E-state index is 0.142. The number of aromatic nitrogens is 1. The van der Waals surface area contributed by atoms with E-state index >= 15 is 0 Å². The summed E-state index contributed by atoms with van der Waals surface area (Å²) in [5, 5.41) is 14.3. The molecule has 0 saturated carbocycles. The minimum atomic E-state index is -4.47. The van der Waals surface area contributed by atoms with Crippen molar-refractivity contribution in [2.75, 3.05) is 0 Å². The van der Waals surface area contributed by atoms with E-state index in [9.17, 15) is 18.3 Å². The molecule has 0 aliphatic heterocycles. The van der Waals surface area contributed by atoms with Crippen LogP contribution in [-0.2, 0) is 6.18 Å². The summed E-state index contributed by atoms with van der Waals surface area (Å²) in [6, 6.07) is 7.16. The average molecular weight is 309 g/mol. The van der Waals surface area contributed by atoms with Crippen molar-refractivity contribution in [2.45, 2.75) is 12.3 Å². The fraction of sp³-hybridized carbons (Fsp3) is 0.133. The number of hydrogen-bond donors (Lipinski definition) is 1. The maximum absolute atomic E-state index is 13.0. The maximum atomic E-state index is 13.0. The summed E-state index contributed by atoms with van der Waals surface area (Å²) in [7, 11) is 0. The van der Waals surface area contributed by atoms with Crippen LogP contribution in [0.2, 0.25) is 0 Å². The van der Waals surface area contributed by atoms with E-state index in [2.05, 4.69) is 4.98 Å². The summed E-state index contributed by atoms with van der Waals surface area (Å²) < 4.78 is 39.1. The molecule has 2 nitrogen and oxygen atoms in total. The number of fused-ring (bicyclic) bond motifs is 1. The van der Waals surface area contributed by atoms with Gasteiger partial charge in [0, 0.05) is 11.6 Å². The molecule has 1 unspecified atom stereocenters. The van der Waals surface area contributed by atoms with Gasteiger partial charge in [-0.2, -0.15) is 24.5 Å². The van der Waals surface area contributed by atoms with Crippen molar-refractivity contribution in [3.05, 3.63) is 64.0 Å². The summed E-state index contributed by atoms with van der Waals surface area (Å²) >= 11 is 1.42. The van der Waals surface area contributed by atoms with E-state index < -0.39 is 17.8 Å². The van der Waals surface area contributed by atoms with Crippen LogP contribution in [0.1, 0.15) is 22.8 Å². The first kappa shape index (κ1) is 14.0. The van der Waals surface area contributed by atoms with Crippen LogP contribution in [0.25, 0.3) is 10.9 Å². The zero-order valence-electron chi connectivity index (χ0n) is 10.6. The molecule has 0 radical (unpaired) electrons. The number of alkyl halides is 3. The summed E-state index contributed by atoms with van der Waals surface area (Å²) in [4.78, 5) is 3.84. The number of pyridine rings is 1. The van der Waals surface area contributed by atoms with Gasteiger partial charge in [0.1, 0.15) is 6.10 Å². The monoisotopic (exact) mass is 309 g/mol. The highest BCUT2D eigenvalue weighted by Gasteiger charge is 2.33. The summed E-state index contributed by atoms with van der Waals surface area (Å²) in [5.41, 5.74) is 0.144. The van der Waals surface area contributed by atoms with Crippen molar-refractivity contribution in [3.8, 4) is 0 Å². The number of aliphatic hydroxyl groups is 1. The highest BCUT2D eigenvalue weighted by atomic mass is 32.1. The summed E-state index contributed by atoms with van der Waals surface area (Å²) in [6.07, 6.45) is -4.15. The molecule has 0 aliphatic carbocycles. The highest BCUT2D eigenvalue weighted by molar-refractivity contribution is 7.08. The van der Waals surface area contributed by atoms with E-state index in [1.807, 2.05) is 5.38 Å². The first-order chi connectivity index (χ1) is 9.98. The Kier molecular flexibility index (Phi) is 3.43. The molecule has 1 atom stereocenters. The Labute approximate surface area is 122 Å². The molecule has 3 rings (SSSR count). The van der Waals surface area contributed by atoms with E-state index in [0.29, 0.717) is 16.5 Å². The van der Waals surface area contributed by atoms with Crippen LogP contribution < -0.4 is 0 Å². The van der Waals surface area contributed by atoms with Crippen LogP contribution in [0.15, 0.2) is 47.3 Å². The molecule has 1 aromatic carbocycles. The van der Waals surface area contributed by atoms with E-state index in [-0.39, 0.29) is 5.52 Å². The van der Waals surface area contributed by atoms with Gasteiger partial charge in [0.25, 0.3) is 0 Å². The molecule has 21 heavy (non-hydrogen) atoms. The minimum Gasteiger partial charge on any atom is -0.384 e. The smallest absolute Gasteiger partial charge is 0.384 e. The average Bonchev–Trinajstić information content (AvgIpc) is 2.98. The van der Waals surface area contributed by atoms with Gasteiger partial charge in [-0.15, -0.1) is 0 Å². The molecular weight excluding hydrogens is 299 g/mol. The van der Waals surface area contributed by atoms with Crippen LogP contribution in [0, 0.1) is 0 Å². The van der Waals surface area contributed by atoms with Crippen LogP contribution in [0.5, 0.6) is 0 Å². The Morgan fingerprint density at radius 1 is 1.14 bits per heavy atom. The Morgan fingerprint density at radius 3 is 2.62 bits per heavy atom. The van der Waals surface area contributed by atoms with Crippen molar-refractivity contribution < 1.29 is 18.3 Å². The van der Waals surface area contributed by atoms with Crippen molar-refractivity contribution in [1.29, 1.82) is 0 Å². The zero-order chi connectivity index (χ0) is 15.0. The standard InChI is InChI=1S/C15H10F3NOS/c16-15(17,18)12-3-1-2-10-11(4-6-19-13(10)12)14(20)9-5-7-21-8-9/h1-8,14,20H. The second-order valence-corrected chi connectivity index (χ2v) is 5.34. The first-order valence-electron chi connectivity index (χ1n) is 6.13. The fourth-order valence-corrected chi connectivity index (χ4v) is 2.95. The van der Waals surface area contributed by atoms with Gasteiger partial charge >= 0.3 is 6.18 Å². The third kappa shape index (κ3) is 2.52. The van der Waals surface area contributed by atoms with Crippen molar-refractivity contribution in [1.82, 2.24) is 4.98 Å². The second kappa shape index (κ2) is 5.13. The molecule has 3 aromatic rings. The number of hydrogen-bond acceptors (Lipinski definition) is 3. The van der Waals surface area contributed by atoms with Crippen LogP contribution >= 0.6 is 11.3 Å². The Hall–Kier alpha value is -1.92. The number of halogens is 3. The number of thiophene rings is 1. The molecule has 0 spiro atoms. The molecule has 6 heteroatoms. The van der Waals surface area contributed by atoms with Crippen molar-refractivity contribution in [3.63, 3.8) is 0 Å². The largest absolute Gasteiger partial charge is 0.418 e. The van der Waals surface area contributed by atoms with Gasteiger partial charge < -0.3 is 5.11 Å². The Morgan fingerprint density at radius 2 is 1.95 bits per heavy atom. The molecule has 1 N–H and O–H groups in total. The van der Waals surface area contributed by atoms with E-state index in [1.165, 1.54) is 23.6 Å². The molecule has 108 valence electrons. The summed E-state index contributed by atoms with van der Waals surface area (Å²) in [6.45, 7) is 0. The van der Waals surface area contributed by atoms with Gasteiger partial charge in [-0.3, -0.25) is 4.98 Å². The Balaban J connectivity index is 2.22. The number of rotatable bonds is 2. The van der Waals surface area contributed by atoms with Crippen molar-refractivity contribution in [2.24, 2.45) is 0 Å². The normalized spacial score (nSPS) is 13.5. The number of para-hydroxylation sites is 1. The quantitative estimate of drug-likeness (QED) is 0.761. The van der Waals surface area contributed by atoms with E-state index in [0.717, 1.165) is 6.07 Å². The van der Waals surface area contributed by atoms with Crippen LogP contribution in [0.4, 0.5) is 13.2 Å². The molecule has 0 saturated heterocycles. The predicted molar refractivity (Wildman–Crippen MR) is 75.1 cm³/mol. The topological polar surface area (TPSA) is 33.1 Å². The van der Waals surface area contributed by atoms with Crippen LogP contribution in [0.3, 0.4) is 0 Å². The van der Waals surface area contributed by atoms with Gasteiger partial charge in [-0.25, -0.2) is 0 Å². The molecule has 2 heterocycles. The third-order valence-electron chi connectivity index (χ3n) is 3.26. The summed E-state index contributed by atoms with van der Waals surface area (Å²) in [5.74, 6) is 0. The fourth-order valence-electron chi connectivity index (χ4n) is 2.27. The van der Waals surface area contributed by atoms with Crippen molar-refractivity contribution >= 4 is 22.2 Å². The molecule has 2 aromatic heterocycles. The SMILES string of the molecule is OC(c1ccsc1)c1ccnc2c(C(F)(F)F)cccc12. The first-order valence-corrected chi connectivity index (χ1v) is 7.08. The number of nitrogens with zero attached hydrogens (tertiary/aromatic N) is 1. The third-order valence-corrected chi connectivity index (χ3v) is 3.97. The maximum Gasteiger partial charge on any atom is 0.418 e. The lowest BCUT2D eigenvalue weighted by molar-refractivity contribution is -0.136. The number of aliphatic hydroxyl groups excluding tert-OH is 1. The van der Waals surface area contributed by atoms with Gasteiger partial charge in [0.15, 0.2) is 0 Å². The van der Waals surface area contributed by atoms with Gasteiger partial charge in [-0.05, 0) is 40.1 Å². The van der Waals surface area contributed by atoms with E-state index in [4.69, 9.17) is 0 Å². The molecular formula is C15H10F3NOS. The van der Waals surface area contributed by atoms with Gasteiger partial charge in [0.05, 0.1) is 11.1 Å². The molecule has 0 amide bonds. The lowest BCUT2D eigenvalue weighted by Crippen LogP contribution is -2.08. The van der Waals surface area contributed by atoms with Gasteiger partial charge in [0.2, 0.25) is 0 Å². The molecule has 0 aliphatic rings. The molecule has 0 fully saturated rings. The zero-order valence-corrected chi connectivity index (χ0v) is 11.4. The lowest BCUT2D eigenvalue weighted by atomic mass is 9.98. The highest BCUT2D eigenvalue weighted by Crippen LogP contribution is 2.36. The second-order valence-electron chi connectivity index (χ2n) is 4.56. The lowest BCUT2D eigenvalue weighted by Gasteiger charge is -2.15. The van der Waals surface area contributed by atoms with Gasteiger partial charge in [-0.1, -0.05) is 12.1 Å². The van der Waals surface area contributed by atoms with Crippen LogP contribution in [-0.4, -0.2) is 10.1 Å². The number of benzene rings is 1.